The zero-order chi connectivity index (χ0) is 18.1. The summed E-state index contributed by atoms with van der Waals surface area (Å²) in [4.78, 5) is 12.3. The fraction of sp³-hybridized carbons (Fsp3) is 0.350. The third-order valence-electron chi connectivity index (χ3n) is 4.61. The number of rotatable bonds is 4. The number of ether oxygens (including phenoxy) is 1. The zero-order valence-corrected chi connectivity index (χ0v) is 14.3. The molecular weight excluding hydrogens is 320 g/mol. The van der Waals surface area contributed by atoms with Crippen LogP contribution in [0.3, 0.4) is 0 Å². The number of hydrogen-bond acceptors (Lipinski definition) is 5. The highest BCUT2D eigenvalue weighted by Crippen LogP contribution is 2.48. The Balaban J connectivity index is 2.15. The van der Waals surface area contributed by atoms with E-state index in [2.05, 4.69) is 0 Å². The van der Waals surface area contributed by atoms with Crippen molar-refractivity contribution in [2.24, 2.45) is 0 Å². The van der Waals surface area contributed by atoms with E-state index in [1.54, 1.807) is 24.3 Å². The van der Waals surface area contributed by atoms with E-state index in [0.717, 1.165) is 0 Å². The summed E-state index contributed by atoms with van der Waals surface area (Å²) in [6, 6.07) is 8.09. The van der Waals surface area contributed by atoms with Crippen LogP contribution in [0, 0.1) is 0 Å². The summed E-state index contributed by atoms with van der Waals surface area (Å²) in [7, 11) is 0. The highest BCUT2D eigenvalue weighted by atomic mass is 16.5. The van der Waals surface area contributed by atoms with Crippen molar-refractivity contribution in [3.63, 3.8) is 0 Å². The molecule has 0 aromatic heterocycles. The number of carbonyl (C=O) groups is 1. The summed E-state index contributed by atoms with van der Waals surface area (Å²) in [6.07, 6.45) is 1.31. The molecule has 132 valence electrons. The highest BCUT2D eigenvalue weighted by Gasteiger charge is 2.33. The Bertz CT molecular complexity index is 812. The lowest BCUT2D eigenvalue weighted by Crippen LogP contribution is -2.23. The SMILES string of the molecule is CCCC(=O)c1c(O)ccc([C@H]2C[C@H](C)Oc3cccc(O)c32)c1O. The molecule has 0 saturated carbocycles. The molecule has 2 aromatic rings. The second-order valence-electron chi connectivity index (χ2n) is 6.48. The van der Waals surface area contributed by atoms with Crippen LogP contribution in [-0.4, -0.2) is 27.2 Å². The number of ketones is 1. The Kier molecular flexibility index (Phi) is 4.57. The van der Waals surface area contributed by atoms with Gasteiger partial charge in [-0.2, -0.15) is 0 Å². The molecular formula is C20H22O5. The van der Waals surface area contributed by atoms with E-state index in [9.17, 15) is 20.1 Å². The van der Waals surface area contributed by atoms with Gasteiger partial charge in [-0.3, -0.25) is 4.79 Å². The number of phenols is 3. The lowest BCUT2D eigenvalue weighted by atomic mass is 9.82. The second kappa shape index (κ2) is 6.67. The van der Waals surface area contributed by atoms with Crippen LogP contribution in [0.2, 0.25) is 0 Å². The van der Waals surface area contributed by atoms with Gasteiger partial charge in [-0.1, -0.05) is 19.1 Å². The first kappa shape index (κ1) is 17.1. The van der Waals surface area contributed by atoms with Crippen LogP contribution in [0.1, 0.15) is 60.5 Å². The van der Waals surface area contributed by atoms with Crippen molar-refractivity contribution >= 4 is 5.78 Å². The number of carbonyl (C=O) groups excluding carboxylic acids is 1. The minimum absolute atomic E-state index is 0.0459. The van der Waals surface area contributed by atoms with Gasteiger partial charge in [-0.25, -0.2) is 0 Å². The van der Waals surface area contributed by atoms with E-state index >= 15 is 0 Å². The summed E-state index contributed by atoms with van der Waals surface area (Å²) in [5, 5.41) is 31.1. The maximum atomic E-state index is 12.3. The fourth-order valence-corrected chi connectivity index (χ4v) is 3.49. The van der Waals surface area contributed by atoms with Crippen LogP contribution in [0.15, 0.2) is 30.3 Å². The molecule has 0 amide bonds. The van der Waals surface area contributed by atoms with E-state index in [-0.39, 0.29) is 47.0 Å². The summed E-state index contributed by atoms with van der Waals surface area (Å²) < 4.78 is 5.79. The first-order valence-electron chi connectivity index (χ1n) is 8.50. The van der Waals surface area contributed by atoms with Crippen molar-refractivity contribution in [1.29, 1.82) is 0 Å². The van der Waals surface area contributed by atoms with Gasteiger partial charge in [0.1, 0.15) is 28.6 Å². The summed E-state index contributed by atoms with van der Waals surface area (Å²) >= 11 is 0. The van der Waals surface area contributed by atoms with Crippen molar-refractivity contribution in [1.82, 2.24) is 0 Å². The number of Topliss-reactive ketones (excluding diaryl/α,β-unsaturated/α-hetero) is 1. The minimum atomic E-state index is -0.325. The fourth-order valence-electron chi connectivity index (χ4n) is 3.49. The molecule has 25 heavy (non-hydrogen) atoms. The largest absolute Gasteiger partial charge is 0.508 e. The molecule has 0 aliphatic carbocycles. The van der Waals surface area contributed by atoms with Gasteiger partial charge in [0.2, 0.25) is 0 Å². The molecule has 3 rings (SSSR count). The first-order valence-corrected chi connectivity index (χ1v) is 8.50. The Morgan fingerprint density at radius 3 is 2.64 bits per heavy atom. The van der Waals surface area contributed by atoms with Crippen LogP contribution >= 0.6 is 0 Å². The average molecular weight is 342 g/mol. The summed E-state index contributed by atoms with van der Waals surface area (Å²) in [6.45, 7) is 3.78. The van der Waals surface area contributed by atoms with Crippen LogP contribution < -0.4 is 4.74 Å². The van der Waals surface area contributed by atoms with Crippen LogP contribution in [0.4, 0.5) is 0 Å². The molecule has 0 radical (unpaired) electrons. The molecule has 0 unspecified atom stereocenters. The molecule has 0 spiro atoms. The average Bonchev–Trinajstić information content (AvgIpc) is 2.54. The van der Waals surface area contributed by atoms with Crippen LogP contribution in [-0.2, 0) is 0 Å². The van der Waals surface area contributed by atoms with Gasteiger partial charge in [0.15, 0.2) is 5.78 Å². The summed E-state index contributed by atoms with van der Waals surface area (Å²) in [5.41, 5.74) is 1.06. The van der Waals surface area contributed by atoms with Gasteiger partial charge in [0.25, 0.3) is 0 Å². The van der Waals surface area contributed by atoms with Crippen molar-refractivity contribution in [3.05, 3.63) is 47.0 Å². The predicted octanol–water partition coefficient (Wildman–Crippen LogP) is 4.09. The molecule has 1 heterocycles. The number of aromatic hydroxyl groups is 3. The first-order chi connectivity index (χ1) is 11.9. The van der Waals surface area contributed by atoms with Gasteiger partial charge in [-0.15, -0.1) is 0 Å². The highest BCUT2D eigenvalue weighted by molar-refractivity contribution is 6.01. The van der Waals surface area contributed by atoms with E-state index in [4.69, 9.17) is 4.74 Å². The van der Waals surface area contributed by atoms with Crippen molar-refractivity contribution in [2.45, 2.75) is 45.1 Å². The number of benzene rings is 2. The monoisotopic (exact) mass is 342 g/mol. The van der Waals surface area contributed by atoms with E-state index in [1.165, 1.54) is 6.07 Å². The standard InChI is InChI=1S/C20H22O5/c1-3-5-14(21)19-16(23)9-8-12(20(19)24)13-10-11(2)25-17-7-4-6-15(22)18(13)17/h4,6-9,11,13,22-24H,3,5,10H2,1-2H3/t11-,13+/m0/s1. The number of phenolic OH excluding ortho intramolecular Hbond substituents is 3. The molecule has 1 aliphatic heterocycles. The molecule has 1 aliphatic rings. The van der Waals surface area contributed by atoms with Crippen molar-refractivity contribution in [3.8, 4) is 23.0 Å². The zero-order valence-electron chi connectivity index (χ0n) is 14.3. The number of hydrogen-bond donors (Lipinski definition) is 3. The Hall–Kier alpha value is -2.69. The van der Waals surface area contributed by atoms with Gasteiger partial charge in [0.05, 0.1) is 6.10 Å². The van der Waals surface area contributed by atoms with Crippen LogP contribution in [0.25, 0.3) is 0 Å². The molecule has 2 aromatic carbocycles. The van der Waals surface area contributed by atoms with Crippen molar-refractivity contribution in [2.75, 3.05) is 0 Å². The second-order valence-corrected chi connectivity index (χ2v) is 6.48. The molecule has 5 nitrogen and oxygen atoms in total. The van der Waals surface area contributed by atoms with Gasteiger partial charge in [0, 0.05) is 23.5 Å². The third kappa shape index (κ3) is 3.02. The maximum Gasteiger partial charge on any atom is 0.170 e. The van der Waals surface area contributed by atoms with E-state index in [0.29, 0.717) is 29.7 Å². The minimum Gasteiger partial charge on any atom is -0.508 e. The topological polar surface area (TPSA) is 87.0 Å². The molecule has 0 saturated heterocycles. The predicted molar refractivity (Wildman–Crippen MR) is 93.7 cm³/mol. The van der Waals surface area contributed by atoms with E-state index < -0.39 is 0 Å². The normalized spacial score (nSPS) is 19.1. The smallest absolute Gasteiger partial charge is 0.170 e. The molecule has 5 heteroatoms. The maximum absolute atomic E-state index is 12.3. The van der Waals surface area contributed by atoms with Gasteiger partial charge in [-0.05, 0) is 38.0 Å². The molecule has 3 N–H and O–H groups in total. The third-order valence-corrected chi connectivity index (χ3v) is 4.61. The lowest BCUT2D eigenvalue weighted by molar-refractivity contribution is 0.0976. The summed E-state index contributed by atoms with van der Waals surface area (Å²) in [5.74, 6) is -0.407. The Morgan fingerprint density at radius 2 is 1.92 bits per heavy atom. The Morgan fingerprint density at radius 1 is 1.16 bits per heavy atom. The Labute approximate surface area is 146 Å². The van der Waals surface area contributed by atoms with Gasteiger partial charge >= 0.3 is 0 Å². The lowest BCUT2D eigenvalue weighted by Gasteiger charge is -2.31. The van der Waals surface area contributed by atoms with Crippen LogP contribution in [0.5, 0.6) is 23.0 Å². The number of fused-ring (bicyclic) bond motifs is 1. The van der Waals surface area contributed by atoms with E-state index in [1.807, 2.05) is 13.8 Å². The van der Waals surface area contributed by atoms with Crippen molar-refractivity contribution < 1.29 is 24.9 Å². The molecule has 0 bridgehead atoms. The quantitative estimate of drug-likeness (QED) is 0.729. The molecule has 0 fully saturated rings. The van der Waals surface area contributed by atoms with Gasteiger partial charge < -0.3 is 20.1 Å². The molecule has 2 atom stereocenters.